The number of amides is 1. The molecule has 0 bridgehead atoms. The van der Waals surface area contributed by atoms with Crippen molar-refractivity contribution in [2.45, 2.75) is 105 Å². The molecule has 0 radical (unpaired) electrons. The Kier molecular flexibility index (Phi) is 10.9. The molecule has 2 aliphatic carbocycles. The summed E-state index contributed by atoms with van der Waals surface area (Å²) in [7, 11) is 0. The highest BCUT2D eigenvalue weighted by Crippen LogP contribution is 2.41. The van der Waals surface area contributed by atoms with Gasteiger partial charge in [0.05, 0.1) is 23.5 Å². The molecule has 3 atom stereocenters. The lowest BCUT2D eigenvalue weighted by atomic mass is 9.75. The molecular formula is C36H47N3O2. The van der Waals surface area contributed by atoms with E-state index in [1.165, 1.54) is 18.4 Å². The first-order valence-corrected chi connectivity index (χ1v) is 15.8. The number of carbonyl (C=O) groups is 2. The van der Waals surface area contributed by atoms with Gasteiger partial charge in [-0.25, -0.2) is 0 Å². The van der Waals surface area contributed by atoms with E-state index in [1.807, 2.05) is 0 Å². The summed E-state index contributed by atoms with van der Waals surface area (Å²) in [5.41, 5.74) is 6.09. The highest BCUT2D eigenvalue weighted by atomic mass is 16.1. The normalized spacial score (nSPS) is 21.0. The predicted octanol–water partition coefficient (Wildman–Crippen LogP) is 8.99. The highest BCUT2D eigenvalue weighted by Gasteiger charge is 2.31. The van der Waals surface area contributed by atoms with Crippen LogP contribution in [0.3, 0.4) is 0 Å². The largest absolute Gasteiger partial charge is 0.320 e. The molecule has 2 fully saturated rings. The lowest BCUT2D eigenvalue weighted by Crippen LogP contribution is -2.24. The van der Waals surface area contributed by atoms with Gasteiger partial charge in [-0.2, -0.15) is 5.26 Å². The molecule has 2 saturated carbocycles. The molecule has 5 heteroatoms. The predicted molar refractivity (Wildman–Crippen MR) is 167 cm³/mol. The summed E-state index contributed by atoms with van der Waals surface area (Å²) in [6.45, 7) is 8.68. The Morgan fingerprint density at radius 3 is 2.32 bits per heavy atom. The van der Waals surface area contributed by atoms with Crippen molar-refractivity contribution in [1.82, 2.24) is 4.98 Å². The van der Waals surface area contributed by atoms with Crippen LogP contribution >= 0.6 is 0 Å². The number of allylic oxidation sites excluding steroid dienone is 2. The van der Waals surface area contributed by atoms with Crippen molar-refractivity contribution in [1.29, 1.82) is 5.26 Å². The fraction of sp³-hybridized carbons (Fsp3) is 0.556. The Hall–Kier alpha value is -3.26. The number of aryl methyl sites for hydroxylation is 1. The topological polar surface area (TPSA) is 82.8 Å². The summed E-state index contributed by atoms with van der Waals surface area (Å²) in [5, 5.41) is 12.3. The van der Waals surface area contributed by atoms with Crippen molar-refractivity contribution in [3.05, 3.63) is 64.5 Å². The van der Waals surface area contributed by atoms with Crippen LogP contribution in [0.25, 0.3) is 5.57 Å². The van der Waals surface area contributed by atoms with E-state index >= 15 is 0 Å². The highest BCUT2D eigenvalue weighted by molar-refractivity contribution is 6.05. The number of anilines is 1. The zero-order valence-corrected chi connectivity index (χ0v) is 25.5. The van der Waals surface area contributed by atoms with Gasteiger partial charge >= 0.3 is 0 Å². The fourth-order valence-electron chi connectivity index (χ4n) is 6.78. The molecule has 1 amide bonds. The molecule has 218 valence electrons. The first-order valence-electron chi connectivity index (χ1n) is 15.8. The third-order valence-electron chi connectivity index (χ3n) is 9.57. The molecule has 41 heavy (non-hydrogen) atoms. The van der Waals surface area contributed by atoms with Crippen molar-refractivity contribution in [3.8, 4) is 6.07 Å². The second-order valence-electron chi connectivity index (χ2n) is 12.5. The van der Waals surface area contributed by atoms with Gasteiger partial charge in [-0.05, 0) is 100.0 Å². The Morgan fingerprint density at radius 1 is 1.02 bits per heavy atom. The number of pyridine rings is 1. The number of ketones is 1. The zero-order chi connectivity index (χ0) is 29.4. The van der Waals surface area contributed by atoms with Crippen LogP contribution in [0.15, 0.2) is 36.5 Å². The van der Waals surface area contributed by atoms with Crippen LogP contribution in [0.4, 0.5) is 5.69 Å². The van der Waals surface area contributed by atoms with Gasteiger partial charge < -0.3 is 5.32 Å². The maximum Gasteiger partial charge on any atom is 0.255 e. The number of benzene rings is 1. The second kappa shape index (κ2) is 14.6. The third kappa shape index (κ3) is 7.73. The van der Waals surface area contributed by atoms with Gasteiger partial charge in [0.1, 0.15) is 5.78 Å². The number of nitrogens with zero attached hydrogens (tertiary/aromatic N) is 2. The molecule has 0 saturated heterocycles. The number of nitriles is 1. The van der Waals surface area contributed by atoms with Crippen molar-refractivity contribution in [2.24, 2.45) is 23.7 Å². The molecule has 0 spiro atoms. The molecule has 3 unspecified atom stereocenters. The van der Waals surface area contributed by atoms with Crippen molar-refractivity contribution < 1.29 is 9.59 Å². The summed E-state index contributed by atoms with van der Waals surface area (Å²) in [6, 6.07) is 8.87. The van der Waals surface area contributed by atoms with Gasteiger partial charge in [-0.3, -0.25) is 14.6 Å². The molecule has 0 aliphatic heterocycles. The van der Waals surface area contributed by atoms with Crippen molar-refractivity contribution >= 4 is 23.0 Å². The average molecular weight is 554 g/mol. The number of aromatic nitrogens is 1. The molecule has 4 rings (SSSR count). The Labute approximate surface area is 246 Å². The van der Waals surface area contributed by atoms with Crippen LogP contribution in [-0.4, -0.2) is 16.7 Å². The monoisotopic (exact) mass is 553 g/mol. The SMILES string of the molecule is CCC(C)CC=C(c1c(C)ncc(NC(=O)c2cccc(C#N)c2)c1C)C1CCCCC(C(=O)C2CCCC2)CC1. The molecule has 2 aromatic rings. The van der Waals surface area contributed by atoms with Crippen LogP contribution in [-0.2, 0) is 4.79 Å². The number of hydrogen-bond acceptors (Lipinski definition) is 4. The van der Waals surface area contributed by atoms with Crippen molar-refractivity contribution in [3.63, 3.8) is 0 Å². The summed E-state index contributed by atoms with van der Waals surface area (Å²) < 4.78 is 0. The van der Waals surface area contributed by atoms with Gasteiger partial charge in [-0.1, -0.05) is 58.1 Å². The summed E-state index contributed by atoms with van der Waals surface area (Å²) in [5.74, 6) is 1.74. The van der Waals surface area contributed by atoms with Crippen LogP contribution in [0.2, 0.25) is 0 Å². The van der Waals surface area contributed by atoms with E-state index in [0.717, 1.165) is 81.0 Å². The lowest BCUT2D eigenvalue weighted by molar-refractivity contribution is -0.127. The number of carbonyl (C=O) groups excluding carboxylic acids is 2. The van der Waals surface area contributed by atoms with E-state index in [9.17, 15) is 14.9 Å². The zero-order valence-electron chi connectivity index (χ0n) is 25.5. The first kappa shape index (κ1) is 30.7. The smallest absolute Gasteiger partial charge is 0.255 e. The maximum atomic E-state index is 13.4. The van der Waals surface area contributed by atoms with E-state index in [2.05, 4.69) is 45.2 Å². The van der Waals surface area contributed by atoms with E-state index in [4.69, 9.17) is 4.98 Å². The lowest BCUT2D eigenvalue weighted by Gasteiger charge is -2.29. The first-order chi connectivity index (χ1) is 19.8. The Morgan fingerprint density at radius 2 is 1.66 bits per heavy atom. The standard InChI is InChI=1S/C36H47N3O2/c1-5-24(2)17-20-32(28-12-6-7-15-30(19-18-28)35(40)29-13-8-9-14-29)34-25(3)33(23-38-26(34)4)39-36(41)31-16-10-11-27(21-31)22-37/h10-11,16,20-21,23-24,28-30H,5-9,12-15,17-19H2,1-4H3,(H,39,41). The molecule has 1 N–H and O–H groups in total. The van der Waals surface area contributed by atoms with Gasteiger partial charge in [0.2, 0.25) is 0 Å². The number of nitrogens with one attached hydrogen (secondary N) is 1. The number of Topliss-reactive ketones (excluding diaryl/α,β-unsaturated/α-hetero) is 1. The Bertz CT molecular complexity index is 1300. The number of rotatable bonds is 9. The van der Waals surface area contributed by atoms with Gasteiger partial charge in [0.15, 0.2) is 0 Å². The van der Waals surface area contributed by atoms with Gasteiger partial charge in [-0.15, -0.1) is 0 Å². The molecule has 1 heterocycles. The van der Waals surface area contributed by atoms with Crippen molar-refractivity contribution in [2.75, 3.05) is 5.32 Å². The Balaban J connectivity index is 1.63. The quantitative estimate of drug-likeness (QED) is 0.336. The minimum Gasteiger partial charge on any atom is -0.320 e. The van der Waals surface area contributed by atoms with E-state index in [-0.39, 0.29) is 11.8 Å². The third-order valence-corrected chi connectivity index (χ3v) is 9.57. The van der Waals surface area contributed by atoms with E-state index in [1.54, 1.807) is 30.5 Å². The van der Waals surface area contributed by atoms with E-state index in [0.29, 0.717) is 40.4 Å². The summed E-state index contributed by atoms with van der Waals surface area (Å²) >= 11 is 0. The second-order valence-corrected chi connectivity index (χ2v) is 12.5. The number of hydrogen-bond donors (Lipinski definition) is 1. The summed E-state index contributed by atoms with van der Waals surface area (Å²) in [6.07, 6.45) is 17.3. The minimum atomic E-state index is -0.244. The molecule has 1 aromatic heterocycles. The molecule has 5 nitrogen and oxygen atoms in total. The van der Waals surface area contributed by atoms with Gasteiger partial charge in [0.25, 0.3) is 5.91 Å². The molecular weight excluding hydrogens is 506 g/mol. The maximum absolute atomic E-state index is 13.4. The molecule has 2 aliphatic rings. The fourth-order valence-corrected chi connectivity index (χ4v) is 6.78. The summed E-state index contributed by atoms with van der Waals surface area (Å²) in [4.78, 5) is 31.3. The van der Waals surface area contributed by atoms with Crippen LogP contribution in [0, 0.1) is 48.9 Å². The van der Waals surface area contributed by atoms with Crippen LogP contribution in [0.1, 0.15) is 124 Å². The molecule has 1 aromatic carbocycles. The minimum absolute atomic E-state index is 0.201. The van der Waals surface area contributed by atoms with E-state index < -0.39 is 0 Å². The van der Waals surface area contributed by atoms with Gasteiger partial charge in [0, 0.05) is 28.7 Å². The average Bonchev–Trinajstić information content (AvgIpc) is 3.51. The van der Waals surface area contributed by atoms with Crippen LogP contribution < -0.4 is 5.32 Å². The van der Waals surface area contributed by atoms with Crippen LogP contribution in [0.5, 0.6) is 0 Å².